The molecule has 0 atom stereocenters. The van der Waals surface area contributed by atoms with Crippen molar-refractivity contribution in [3.63, 3.8) is 0 Å². The van der Waals surface area contributed by atoms with Crippen LogP contribution in [0.25, 0.3) is 10.8 Å². The second-order valence-electron chi connectivity index (χ2n) is 3.58. The fourth-order valence-corrected chi connectivity index (χ4v) is 1.82. The Balaban J connectivity index is 2.67. The van der Waals surface area contributed by atoms with Crippen molar-refractivity contribution in [2.45, 2.75) is 4.90 Å². The Morgan fingerprint density at radius 2 is 1.86 bits per heavy atom. The second kappa shape index (κ2) is 3.54. The molecule has 2 rings (SSSR count). The summed E-state index contributed by atoms with van der Waals surface area (Å²) in [5.74, 6) is 0. The van der Waals surface area contributed by atoms with Crippen molar-refractivity contribution in [1.82, 2.24) is 0 Å². The minimum Gasteiger partial charge on any atom is -0.378 e. The summed E-state index contributed by atoms with van der Waals surface area (Å²) in [4.78, 5) is 3.14. The van der Waals surface area contributed by atoms with E-state index in [9.17, 15) is 0 Å². The van der Waals surface area contributed by atoms with Gasteiger partial charge in [0.2, 0.25) is 0 Å². The molecule has 0 saturated heterocycles. The summed E-state index contributed by atoms with van der Waals surface area (Å²) >= 11 is 4.42. The van der Waals surface area contributed by atoms with E-state index in [-0.39, 0.29) is 0 Å². The van der Waals surface area contributed by atoms with E-state index < -0.39 is 0 Å². The van der Waals surface area contributed by atoms with E-state index in [4.69, 9.17) is 0 Å². The normalized spacial score (nSPS) is 10.5. The minimum atomic E-state index is 1.04. The van der Waals surface area contributed by atoms with E-state index in [1.165, 1.54) is 16.5 Å². The number of nitrogens with zero attached hydrogens (tertiary/aromatic N) is 1. The lowest BCUT2D eigenvalue weighted by molar-refractivity contribution is 1.13. The Bertz CT molecular complexity index is 463. The third-order valence-corrected chi connectivity index (χ3v) is 2.75. The number of fused-ring (bicyclic) bond motifs is 1. The topological polar surface area (TPSA) is 3.24 Å². The lowest BCUT2D eigenvalue weighted by Gasteiger charge is -2.13. The number of anilines is 1. The van der Waals surface area contributed by atoms with Gasteiger partial charge < -0.3 is 4.90 Å². The summed E-state index contributed by atoms with van der Waals surface area (Å²) < 4.78 is 0. The molecule has 0 radical (unpaired) electrons. The van der Waals surface area contributed by atoms with Crippen molar-refractivity contribution in [3.05, 3.63) is 36.4 Å². The van der Waals surface area contributed by atoms with Crippen molar-refractivity contribution in [1.29, 1.82) is 0 Å². The average Bonchev–Trinajstić information content (AvgIpc) is 2.17. The molecule has 0 heterocycles. The monoisotopic (exact) mass is 203 g/mol. The van der Waals surface area contributed by atoms with Crippen LogP contribution in [0.15, 0.2) is 41.3 Å². The molecule has 0 aliphatic carbocycles. The first-order valence-electron chi connectivity index (χ1n) is 4.57. The maximum absolute atomic E-state index is 4.42. The van der Waals surface area contributed by atoms with E-state index in [1.54, 1.807) is 0 Å². The molecular formula is C12H13NS. The molecule has 0 N–H and O–H groups in total. The van der Waals surface area contributed by atoms with Crippen LogP contribution in [0.5, 0.6) is 0 Å². The van der Waals surface area contributed by atoms with Crippen molar-refractivity contribution in [3.8, 4) is 0 Å². The van der Waals surface area contributed by atoms with Gasteiger partial charge in [-0.25, -0.2) is 0 Å². The predicted molar refractivity (Wildman–Crippen MR) is 65.5 cm³/mol. The molecule has 1 nitrogen and oxygen atoms in total. The molecule has 0 aliphatic heterocycles. The number of thiol groups is 1. The fraction of sp³-hybridized carbons (Fsp3) is 0.167. The first-order valence-corrected chi connectivity index (χ1v) is 5.02. The highest BCUT2D eigenvalue weighted by molar-refractivity contribution is 7.80. The minimum absolute atomic E-state index is 1.04. The quantitative estimate of drug-likeness (QED) is 0.697. The van der Waals surface area contributed by atoms with Gasteiger partial charge in [-0.15, -0.1) is 12.6 Å². The maximum atomic E-state index is 4.42. The smallest absolute Gasteiger partial charge is 0.0367 e. The maximum Gasteiger partial charge on any atom is 0.0367 e. The summed E-state index contributed by atoms with van der Waals surface area (Å²) in [5, 5.41) is 2.45. The van der Waals surface area contributed by atoms with Crippen LogP contribution < -0.4 is 4.90 Å². The summed E-state index contributed by atoms with van der Waals surface area (Å²) in [5.41, 5.74) is 1.22. The van der Waals surface area contributed by atoms with Gasteiger partial charge in [-0.05, 0) is 29.0 Å². The van der Waals surface area contributed by atoms with Crippen LogP contribution in [-0.2, 0) is 0 Å². The molecule has 2 heteroatoms. The van der Waals surface area contributed by atoms with Gasteiger partial charge in [-0.1, -0.05) is 18.2 Å². The second-order valence-corrected chi connectivity index (χ2v) is 4.06. The standard InChI is InChI=1S/C12H13NS/c1-13(2)10-6-7-11-9(8-10)4-3-5-12(11)14/h3-8,14H,1-2H3. The predicted octanol–water partition coefficient (Wildman–Crippen LogP) is 3.19. The first kappa shape index (κ1) is 9.41. The molecule has 2 aromatic rings. The van der Waals surface area contributed by atoms with Gasteiger partial charge in [0.1, 0.15) is 0 Å². The van der Waals surface area contributed by atoms with Crippen LogP contribution in [0.3, 0.4) is 0 Å². The zero-order valence-electron chi connectivity index (χ0n) is 8.36. The van der Waals surface area contributed by atoms with Crippen molar-refractivity contribution in [2.24, 2.45) is 0 Å². The zero-order valence-corrected chi connectivity index (χ0v) is 9.25. The van der Waals surface area contributed by atoms with Crippen LogP contribution in [0, 0.1) is 0 Å². The van der Waals surface area contributed by atoms with Gasteiger partial charge in [-0.2, -0.15) is 0 Å². The molecule has 2 aromatic carbocycles. The third kappa shape index (κ3) is 1.58. The highest BCUT2D eigenvalue weighted by atomic mass is 32.1. The SMILES string of the molecule is CN(C)c1ccc2c(S)cccc2c1. The molecule has 0 saturated carbocycles. The van der Waals surface area contributed by atoms with E-state index in [0.717, 1.165) is 4.90 Å². The number of rotatable bonds is 1. The van der Waals surface area contributed by atoms with Crippen LogP contribution in [0.4, 0.5) is 5.69 Å². The van der Waals surface area contributed by atoms with Gasteiger partial charge in [0.25, 0.3) is 0 Å². The van der Waals surface area contributed by atoms with E-state index in [0.29, 0.717) is 0 Å². The Morgan fingerprint density at radius 1 is 1.07 bits per heavy atom. The number of hydrogen-bond acceptors (Lipinski definition) is 2. The number of hydrogen-bond donors (Lipinski definition) is 1. The van der Waals surface area contributed by atoms with Crippen LogP contribution >= 0.6 is 12.6 Å². The molecule has 0 unspecified atom stereocenters. The Hall–Kier alpha value is -1.15. The van der Waals surface area contributed by atoms with Gasteiger partial charge in [-0.3, -0.25) is 0 Å². The van der Waals surface area contributed by atoms with Crippen LogP contribution in [-0.4, -0.2) is 14.1 Å². The van der Waals surface area contributed by atoms with Crippen LogP contribution in [0.1, 0.15) is 0 Å². The van der Waals surface area contributed by atoms with E-state index >= 15 is 0 Å². The molecule has 0 bridgehead atoms. The molecule has 0 spiro atoms. The average molecular weight is 203 g/mol. The molecule has 0 fully saturated rings. The molecule has 72 valence electrons. The van der Waals surface area contributed by atoms with Gasteiger partial charge in [0.15, 0.2) is 0 Å². The molecule has 0 aliphatic rings. The van der Waals surface area contributed by atoms with Gasteiger partial charge >= 0.3 is 0 Å². The Morgan fingerprint density at radius 3 is 2.57 bits per heavy atom. The largest absolute Gasteiger partial charge is 0.378 e. The Kier molecular flexibility index (Phi) is 2.38. The summed E-state index contributed by atoms with van der Waals surface area (Å²) in [6, 6.07) is 12.6. The van der Waals surface area contributed by atoms with Gasteiger partial charge in [0, 0.05) is 24.7 Å². The zero-order chi connectivity index (χ0) is 10.1. The van der Waals surface area contributed by atoms with Crippen molar-refractivity contribution >= 4 is 29.1 Å². The molecule has 0 aromatic heterocycles. The van der Waals surface area contributed by atoms with E-state index in [2.05, 4.69) is 41.8 Å². The highest BCUT2D eigenvalue weighted by Gasteiger charge is 1.99. The summed E-state index contributed by atoms with van der Waals surface area (Å²) in [7, 11) is 4.09. The highest BCUT2D eigenvalue weighted by Crippen LogP contribution is 2.25. The number of benzene rings is 2. The summed E-state index contributed by atoms with van der Waals surface area (Å²) in [6.07, 6.45) is 0. The lowest BCUT2D eigenvalue weighted by Crippen LogP contribution is -2.07. The summed E-state index contributed by atoms with van der Waals surface area (Å²) in [6.45, 7) is 0. The molecular weight excluding hydrogens is 190 g/mol. The van der Waals surface area contributed by atoms with Gasteiger partial charge in [0.05, 0.1) is 0 Å². The third-order valence-electron chi connectivity index (χ3n) is 2.36. The fourth-order valence-electron chi connectivity index (χ4n) is 1.53. The first-order chi connectivity index (χ1) is 6.68. The van der Waals surface area contributed by atoms with Crippen molar-refractivity contribution < 1.29 is 0 Å². The molecule has 14 heavy (non-hydrogen) atoms. The molecule has 0 amide bonds. The Labute approximate surface area is 89.8 Å². The lowest BCUT2D eigenvalue weighted by atomic mass is 10.1. The van der Waals surface area contributed by atoms with Crippen molar-refractivity contribution in [2.75, 3.05) is 19.0 Å². The van der Waals surface area contributed by atoms with Crippen LogP contribution in [0.2, 0.25) is 0 Å². The van der Waals surface area contributed by atoms with E-state index in [1.807, 2.05) is 26.2 Å².